The Hall–Kier alpha value is -1.42. The van der Waals surface area contributed by atoms with Gasteiger partial charge in [-0.1, -0.05) is 13.3 Å². The molecule has 20 heavy (non-hydrogen) atoms. The van der Waals surface area contributed by atoms with Gasteiger partial charge < -0.3 is 10.2 Å². The predicted molar refractivity (Wildman–Crippen MR) is 80.5 cm³/mol. The zero-order chi connectivity index (χ0) is 14.2. The van der Waals surface area contributed by atoms with Crippen LogP contribution < -0.4 is 5.32 Å². The first-order valence-corrected chi connectivity index (χ1v) is 7.69. The van der Waals surface area contributed by atoms with Crippen molar-refractivity contribution in [1.82, 2.24) is 15.2 Å². The summed E-state index contributed by atoms with van der Waals surface area (Å²) in [6.07, 6.45) is 8.70. The molecule has 1 aromatic heterocycles. The van der Waals surface area contributed by atoms with Crippen LogP contribution in [-0.4, -0.2) is 41.5 Å². The van der Waals surface area contributed by atoms with E-state index in [2.05, 4.69) is 17.2 Å². The van der Waals surface area contributed by atoms with Crippen LogP contribution in [0.25, 0.3) is 0 Å². The molecule has 1 aliphatic rings. The molecule has 0 saturated carbocycles. The molecule has 1 amide bonds. The van der Waals surface area contributed by atoms with Crippen LogP contribution in [0.2, 0.25) is 0 Å². The minimum absolute atomic E-state index is 0.227. The van der Waals surface area contributed by atoms with Gasteiger partial charge in [0.15, 0.2) is 0 Å². The highest BCUT2D eigenvalue weighted by molar-refractivity contribution is 5.78. The Labute approximate surface area is 121 Å². The highest BCUT2D eigenvalue weighted by Gasteiger charge is 2.20. The van der Waals surface area contributed by atoms with E-state index in [1.165, 1.54) is 19.3 Å². The van der Waals surface area contributed by atoms with Crippen LogP contribution in [0.5, 0.6) is 0 Å². The molecule has 1 aromatic rings. The fourth-order valence-electron chi connectivity index (χ4n) is 2.72. The van der Waals surface area contributed by atoms with Crippen molar-refractivity contribution in [2.75, 3.05) is 19.6 Å². The van der Waals surface area contributed by atoms with Crippen molar-refractivity contribution in [3.63, 3.8) is 0 Å². The summed E-state index contributed by atoms with van der Waals surface area (Å²) in [6, 6.07) is 4.30. The molecule has 1 unspecified atom stereocenters. The Bertz CT molecular complexity index is 401. The first-order valence-electron chi connectivity index (χ1n) is 7.69. The van der Waals surface area contributed by atoms with Gasteiger partial charge in [-0.25, -0.2) is 0 Å². The van der Waals surface area contributed by atoms with Crippen LogP contribution >= 0.6 is 0 Å². The molecule has 2 heterocycles. The normalized spacial score (nSPS) is 18.8. The summed E-state index contributed by atoms with van der Waals surface area (Å²) in [5.41, 5.74) is 1.04. The average Bonchev–Trinajstić information content (AvgIpc) is 2.49. The van der Waals surface area contributed by atoms with Crippen molar-refractivity contribution < 1.29 is 4.79 Å². The van der Waals surface area contributed by atoms with Gasteiger partial charge in [0.25, 0.3) is 0 Å². The summed E-state index contributed by atoms with van der Waals surface area (Å²) in [5.74, 6) is 0.227. The van der Waals surface area contributed by atoms with Crippen molar-refractivity contribution >= 4 is 5.91 Å². The molecule has 2 rings (SSSR count). The molecular weight excluding hydrogens is 250 g/mol. The first kappa shape index (κ1) is 15.0. The first-order chi connectivity index (χ1) is 9.79. The van der Waals surface area contributed by atoms with Crippen LogP contribution in [0.1, 0.15) is 38.2 Å². The zero-order valence-corrected chi connectivity index (χ0v) is 12.3. The topological polar surface area (TPSA) is 45.2 Å². The van der Waals surface area contributed by atoms with E-state index >= 15 is 0 Å². The van der Waals surface area contributed by atoms with Crippen LogP contribution in [0, 0.1) is 0 Å². The Morgan fingerprint density at radius 2 is 2.20 bits per heavy atom. The SMILES string of the molecule is CCCN(CC1CCCCN1)C(=O)Cc1ccncc1. The van der Waals surface area contributed by atoms with E-state index in [0.29, 0.717) is 12.5 Å². The van der Waals surface area contributed by atoms with Gasteiger partial charge in [-0.05, 0) is 43.5 Å². The van der Waals surface area contributed by atoms with Crippen molar-refractivity contribution in [3.8, 4) is 0 Å². The smallest absolute Gasteiger partial charge is 0.227 e. The highest BCUT2D eigenvalue weighted by Crippen LogP contribution is 2.10. The maximum absolute atomic E-state index is 12.5. The molecule has 1 atom stereocenters. The molecule has 0 aliphatic carbocycles. The Kier molecular flexibility index (Phi) is 5.99. The van der Waals surface area contributed by atoms with E-state index in [1.807, 2.05) is 17.0 Å². The fraction of sp³-hybridized carbons (Fsp3) is 0.625. The van der Waals surface area contributed by atoms with E-state index in [1.54, 1.807) is 12.4 Å². The second kappa shape index (κ2) is 8.00. The van der Waals surface area contributed by atoms with E-state index < -0.39 is 0 Å². The summed E-state index contributed by atoms with van der Waals surface area (Å²) >= 11 is 0. The number of hydrogen-bond donors (Lipinski definition) is 1. The molecule has 1 aliphatic heterocycles. The van der Waals surface area contributed by atoms with Crippen molar-refractivity contribution in [3.05, 3.63) is 30.1 Å². The number of pyridine rings is 1. The lowest BCUT2D eigenvalue weighted by molar-refractivity contribution is -0.131. The summed E-state index contributed by atoms with van der Waals surface area (Å²) in [7, 11) is 0. The van der Waals surface area contributed by atoms with Crippen LogP contribution in [0.4, 0.5) is 0 Å². The lowest BCUT2D eigenvalue weighted by Crippen LogP contribution is -2.46. The number of rotatable bonds is 6. The van der Waals surface area contributed by atoms with E-state index in [9.17, 15) is 4.79 Å². The van der Waals surface area contributed by atoms with Crippen LogP contribution in [-0.2, 0) is 11.2 Å². The molecule has 0 bridgehead atoms. The van der Waals surface area contributed by atoms with Crippen molar-refractivity contribution in [2.45, 2.75) is 45.1 Å². The lowest BCUT2D eigenvalue weighted by Gasteiger charge is -2.30. The van der Waals surface area contributed by atoms with E-state index in [0.717, 1.165) is 31.6 Å². The maximum Gasteiger partial charge on any atom is 0.227 e. The molecule has 4 nitrogen and oxygen atoms in total. The van der Waals surface area contributed by atoms with Crippen molar-refractivity contribution in [2.24, 2.45) is 0 Å². The van der Waals surface area contributed by atoms with Gasteiger partial charge in [0.1, 0.15) is 0 Å². The average molecular weight is 275 g/mol. The monoisotopic (exact) mass is 275 g/mol. The molecule has 1 fully saturated rings. The number of piperidine rings is 1. The lowest BCUT2D eigenvalue weighted by atomic mass is 10.0. The van der Waals surface area contributed by atoms with Crippen molar-refractivity contribution in [1.29, 1.82) is 0 Å². The van der Waals surface area contributed by atoms with Gasteiger partial charge in [-0.15, -0.1) is 0 Å². The largest absolute Gasteiger partial charge is 0.341 e. The molecule has 4 heteroatoms. The number of carbonyl (C=O) groups excluding carboxylic acids is 1. The van der Waals surface area contributed by atoms with Gasteiger partial charge in [0.2, 0.25) is 5.91 Å². The molecule has 1 saturated heterocycles. The van der Waals surface area contributed by atoms with Gasteiger partial charge in [-0.2, -0.15) is 0 Å². The van der Waals surface area contributed by atoms with Gasteiger partial charge in [0.05, 0.1) is 6.42 Å². The van der Waals surface area contributed by atoms with Gasteiger partial charge in [0, 0.05) is 31.5 Å². The molecule has 0 radical (unpaired) electrons. The summed E-state index contributed by atoms with van der Waals surface area (Å²) in [5, 5.41) is 3.52. The number of amides is 1. The minimum Gasteiger partial charge on any atom is -0.341 e. The minimum atomic E-state index is 0.227. The maximum atomic E-state index is 12.5. The van der Waals surface area contributed by atoms with E-state index in [4.69, 9.17) is 0 Å². The second-order valence-corrected chi connectivity index (χ2v) is 5.52. The third-order valence-electron chi connectivity index (χ3n) is 3.80. The summed E-state index contributed by atoms with van der Waals surface area (Å²) < 4.78 is 0. The molecule has 0 spiro atoms. The predicted octanol–water partition coefficient (Wildman–Crippen LogP) is 2.00. The van der Waals surface area contributed by atoms with Gasteiger partial charge in [-0.3, -0.25) is 9.78 Å². The van der Waals surface area contributed by atoms with Crippen LogP contribution in [0.15, 0.2) is 24.5 Å². The Balaban J connectivity index is 1.90. The second-order valence-electron chi connectivity index (χ2n) is 5.52. The third kappa shape index (κ3) is 4.60. The quantitative estimate of drug-likeness (QED) is 0.863. The molecular formula is C16H25N3O. The number of nitrogens with one attached hydrogen (secondary N) is 1. The zero-order valence-electron chi connectivity index (χ0n) is 12.3. The van der Waals surface area contributed by atoms with E-state index in [-0.39, 0.29) is 5.91 Å². The number of carbonyl (C=O) groups is 1. The number of nitrogens with zero attached hydrogens (tertiary/aromatic N) is 2. The summed E-state index contributed by atoms with van der Waals surface area (Å²) in [6.45, 7) is 4.91. The number of hydrogen-bond acceptors (Lipinski definition) is 3. The Morgan fingerprint density at radius 1 is 1.40 bits per heavy atom. The molecule has 1 N–H and O–H groups in total. The molecule has 0 aromatic carbocycles. The Morgan fingerprint density at radius 3 is 2.85 bits per heavy atom. The highest BCUT2D eigenvalue weighted by atomic mass is 16.2. The third-order valence-corrected chi connectivity index (χ3v) is 3.80. The fourth-order valence-corrected chi connectivity index (χ4v) is 2.72. The number of aromatic nitrogens is 1. The van der Waals surface area contributed by atoms with Crippen LogP contribution in [0.3, 0.4) is 0 Å². The van der Waals surface area contributed by atoms with Gasteiger partial charge >= 0.3 is 0 Å². The molecule has 110 valence electrons. The standard InChI is InChI=1S/C16H25N3O/c1-2-11-19(13-15-5-3-4-8-18-15)16(20)12-14-6-9-17-10-7-14/h6-7,9-10,15,18H,2-5,8,11-13H2,1H3. The summed E-state index contributed by atoms with van der Waals surface area (Å²) in [4.78, 5) is 18.5.